The molecule has 0 aliphatic heterocycles. The monoisotopic (exact) mass is 363 g/mol. The molecule has 0 aliphatic carbocycles. The highest BCUT2D eigenvalue weighted by molar-refractivity contribution is 9.10. The van der Waals surface area contributed by atoms with E-state index in [-0.39, 0.29) is 0 Å². The standard InChI is InChI=1S/C15H11BrClN3O/c1-21-14-3-2-10(17)7-12(14)20-11-4-5-18-13-6-9(16)8-19-15(11)13/h2-8H,1H3,(H,18,20). The number of anilines is 2. The van der Waals surface area contributed by atoms with Crippen LogP contribution in [0.15, 0.2) is 47.2 Å². The molecule has 1 aromatic carbocycles. The molecule has 4 nitrogen and oxygen atoms in total. The van der Waals surface area contributed by atoms with E-state index in [0.717, 1.165) is 26.9 Å². The minimum absolute atomic E-state index is 0.632. The predicted molar refractivity (Wildman–Crippen MR) is 88.5 cm³/mol. The van der Waals surface area contributed by atoms with Gasteiger partial charge in [0.1, 0.15) is 11.3 Å². The van der Waals surface area contributed by atoms with E-state index in [4.69, 9.17) is 16.3 Å². The number of halogens is 2. The molecule has 21 heavy (non-hydrogen) atoms. The highest BCUT2D eigenvalue weighted by Gasteiger charge is 2.08. The normalized spacial score (nSPS) is 10.6. The van der Waals surface area contributed by atoms with Gasteiger partial charge in [0, 0.05) is 21.9 Å². The van der Waals surface area contributed by atoms with Crippen LogP contribution in [0.5, 0.6) is 5.75 Å². The molecule has 0 spiro atoms. The summed E-state index contributed by atoms with van der Waals surface area (Å²) in [4.78, 5) is 8.72. The van der Waals surface area contributed by atoms with Crippen LogP contribution in [0, 0.1) is 0 Å². The quantitative estimate of drug-likeness (QED) is 0.725. The Hall–Kier alpha value is -1.85. The van der Waals surface area contributed by atoms with Crippen LogP contribution in [-0.2, 0) is 0 Å². The fourth-order valence-corrected chi connectivity index (χ4v) is 2.52. The second kappa shape index (κ2) is 5.87. The zero-order valence-corrected chi connectivity index (χ0v) is 13.4. The molecule has 0 unspecified atom stereocenters. The maximum Gasteiger partial charge on any atom is 0.142 e. The average molecular weight is 365 g/mol. The second-order valence-electron chi connectivity index (χ2n) is 4.35. The molecular formula is C15H11BrClN3O. The third-order valence-corrected chi connectivity index (χ3v) is 3.64. The molecule has 0 saturated carbocycles. The molecule has 0 bridgehead atoms. The molecule has 0 radical (unpaired) electrons. The summed E-state index contributed by atoms with van der Waals surface area (Å²) in [5.41, 5.74) is 3.20. The van der Waals surface area contributed by atoms with Crippen LogP contribution in [0.2, 0.25) is 5.02 Å². The van der Waals surface area contributed by atoms with Gasteiger partial charge in [0.2, 0.25) is 0 Å². The molecular weight excluding hydrogens is 354 g/mol. The molecule has 3 rings (SSSR count). The van der Waals surface area contributed by atoms with E-state index in [1.54, 1.807) is 25.6 Å². The Kier molecular flexibility index (Phi) is 3.94. The Bertz CT molecular complexity index is 810. The number of fused-ring (bicyclic) bond motifs is 1. The molecule has 0 saturated heterocycles. The first kappa shape index (κ1) is 14.1. The SMILES string of the molecule is COc1ccc(Cl)cc1Nc1ccnc2cc(Br)cnc12. The van der Waals surface area contributed by atoms with Crippen LogP contribution >= 0.6 is 27.5 Å². The van der Waals surface area contributed by atoms with E-state index < -0.39 is 0 Å². The van der Waals surface area contributed by atoms with Crippen LogP contribution in [0.1, 0.15) is 0 Å². The van der Waals surface area contributed by atoms with Gasteiger partial charge in [-0.05, 0) is 46.3 Å². The van der Waals surface area contributed by atoms with Gasteiger partial charge in [-0.2, -0.15) is 0 Å². The minimum Gasteiger partial charge on any atom is -0.495 e. The third-order valence-electron chi connectivity index (χ3n) is 2.98. The maximum atomic E-state index is 6.05. The van der Waals surface area contributed by atoms with Crippen LogP contribution in [0.25, 0.3) is 11.0 Å². The molecule has 0 fully saturated rings. The molecule has 1 N–H and O–H groups in total. The lowest BCUT2D eigenvalue weighted by Gasteiger charge is -2.12. The Labute approximate surface area is 135 Å². The molecule has 0 aliphatic rings. The van der Waals surface area contributed by atoms with Gasteiger partial charge < -0.3 is 10.1 Å². The van der Waals surface area contributed by atoms with Crippen molar-refractivity contribution in [2.24, 2.45) is 0 Å². The number of nitrogens with one attached hydrogen (secondary N) is 1. The number of hydrogen-bond donors (Lipinski definition) is 1. The Morgan fingerprint density at radius 2 is 2.00 bits per heavy atom. The number of pyridine rings is 2. The Morgan fingerprint density at radius 1 is 1.14 bits per heavy atom. The Morgan fingerprint density at radius 3 is 2.81 bits per heavy atom. The molecule has 3 aromatic rings. The van der Waals surface area contributed by atoms with Crippen molar-refractivity contribution in [3.05, 3.63) is 52.2 Å². The van der Waals surface area contributed by atoms with Crippen LogP contribution in [-0.4, -0.2) is 17.1 Å². The minimum atomic E-state index is 0.632. The first-order valence-corrected chi connectivity index (χ1v) is 7.35. The van der Waals surface area contributed by atoms with Crippen molar-refractivity contribution in [1.29, 1.82) is 0 Å². The van der Waals surface area contributed by atoms with E-state index in [0.29, 0.717) is 10.8 Å². The lowest BCUT2D eigenvalue weighted by atomic mass is 10.2. The number of benzene rings is 1. The van der Waals surface area contributed by atoms with Gasteiger partial charge in [-0.1, -0.05) is 11.6 Å². The summed E-state index contributed by atoms with van der Waals surface area (Å²) in [6, 6.07) is 9.20. The van der Waals surface area contributed by atoms with Gasteiger partial charge in [-0.25, -0.2) is 0 Å². The molecule has 106 valence electrons. The predicted octanol–water partition coefficient (Wildman–Crippen LogP) is 4.80. The molecule has 2 aromatic heterocycles. The first-order valence-electron chi connectivity index (χ1n) is 6.18. The van der Waals surface area contributed by atoms with Crippen molar-refractivity contribution in [3.63, 3.8) is 0 Å². The van der Waals surface area contributed by atoms with Gasteiger partial charge in [-0.3, -0.25) is 9.97 Å². The summed E-state index contributed by atoms with van der Waals surface area (Å²) in [5.74, 6) is 0.710. The lowest BCUT2D eigenvalue weighted by molar-refractivity contribution is 0.417. The van der Waals surface area contributed by atoms with E-state index in [1.807, 2.05) is 24.3 Å². The Balaban J connectivity index is 2.08. The summed E-state index contributed by atoms with van der Waals surface area (Å²) >= 11 is 9.45. The zero-order chi connectivity index (χ0) is 14.8. The van der Waals surface area contributed by atoms with Gasteiger partial charge in [0.15, 0.2) is 0 Å². The van der Waals surface area contributed by atoms with Gasteiger partial charge in [0.05, 0.1) is 24.0 Å². The van der Waals surface area contributed by atoms with Crippen molar-refractivity contribution in [2.75, 3.05) is 12.4 Å². The maximum absolute atomic E-state index is 6.05. The fraction of sp³-hybridized carbons (Fsp3) is 0.0667. The summed E-state index contributed by atoms with van der Waals surface area (Å²) < 4.78 is 6.23. The van der Waals surface area contributed by atoms with Crippen molar-refractivity contribution in [2.45, 2.75) is 0 Å². The topological polar surface area (TPSA) is 47.0 Å². The third kappa shape index (κ3) is 2.94. The lowest BCUT2D eigenvalue weighted by Crippen LogP contribution is -1.97. The summed E-state index contributed by atoms with van der Waals surface area (Å²) in [6.07, 6.45) is 3.47. The van der Waals surface area contributed by atoms with E-state index in [2.05, 4.69) is 31.2 Å². The second-order valence-corrected chi connectivity index (χ2v) is 5.70. The number of hydrogen-bond acceptors (Lipinski definition) is 4. The molecule has 0 atom stereocenters. The van der Waals surface area contributed by atoms with E-state index >= 15 is 0 Å². The number of nitrogens with zero attached hydrogens (tertiary/aromatic N) is 2. The van der Waals surface area contributed by atoms with Crippen molar-refractivity contribution < 1.29 is 4.74 Å². The van der Waals surface area contributed by atoms with Crippen LogP contribution < -0.4 is 10.1 Å². The number of ether oxygens (including phenoxy) is 1. The zero-order valence-electron chi connectivity index (χ0n) is 11.1. The van der Waals surface area contributed by atoms with Crippen molar-refractivity contribution in [1.82, 2.24) is 9.97 Å². The van der Waals surface area contributed by atoms with E-state index in [9.17, 15) is 0 Å². The smallest absolute Gasteiger partial charge is 0.142 e. The summed E-state index contributed by atoms with van der Waals surface area (Å²) in [5, 5.41) is 3.93. The molecule has 2 heterocycles. The highest BCUT2D eigenvalue weighted by Crippen LogP contribution is 2.32. The first-order chi connectivity index (χ1) is 10.2. The molecule has 6 heteroatoms. The fourth-order valence-electron chi connectivity index (χ4n) is 2.03. The van der Waals surface area contributed by atoms with Crippen LogP contribution in [0.3, 0.4) is 0 Å². The van der Waals surface area contributed by atoms with Crippen molar-refractivity contribution >= 4 is 49.9 Å². The van der Waals surface area contributed by atoms with Gasteiger partial charge >= 0.3 is 0 Å². The van der Waals surface area contributed by atoms with Crippen LogP contribution in [0.4, 0.5) is 11.4 Å². The number of aromatic nitrogens is 2. The average Bonchev–Trinajstić information content (AvgIpc) is 2.47. The van der Waals surface area contributed by atoms with Gasteiger partial charge in [-0.15, -0.1) is 0 Å². The number of methoxy groups -OCH3 is 1. The highest BCUT2D eigenvalue weighted by atomic mass is 79.9. The molecule has 0 amide bonds. The summed E-state index contributed by atoms with van der Waals surface area (Å²) in [6.45, 7) is 0. The van der Waals surface area contributed by atoms with Crippen molar-refractivity contribution in [3.8, 4) is 5.75 Å². The number of rotatable bonds is 3. The summed E-state index contributed by atoms with van der Waals surface area (Å²) in [7, 11) is 1.62. The van der Waals surface area contributed by atoms with E-state index in [1.165, 1.54) is 0 Å². The van der Waals surface area contributed by atoms with Gasteiger partial charge in [0.25, 0.3) is 0 Å². The largest absolute Gasteiger partial charge is 0.495 e.